The largest absolute Gasteiger partial charge is 0.465 e. The topological polar surface area (TPSA) is 135 Å². The first-order valence-electron chi connectivity index (χ1n) is 8.30. The standard InChI is InChI=1S/C16H19N5O6/c1-9-8-10(13(22)27-3)11(21(25)26)12(17-9)20-6-4-16(5-7-20)14(23)19(2)15(24)18-16/h8H,4-7H2,1-3H3,(H,18,24). The van der Waals surface area contributed by atoms with Crippen molar-refractivity contribution in [2.75, 3.05) is 32.1 Å². The van der Waals surface area contributed by atoms with E-state index in [1.54, 1.807) is 11.8 Å². The molecule has 0 saturated carbocycles. The molecule has 1 aromatic heterocycles. The Morgan fingerprint density at radius 3 is 2.48 bits per heavy atom. The van der Waals surface area contributed by atoms with E-state index in [1.807, 2.05) is 0 Å². The molecule has 1 spiro atoms. The molecule has 2 fully saturated rings. The lowest BCUT2D eigenvalue weighted by Crippen LogP contribution is -2.55. The molecule has 144 valence electrons. The first kappa shape index (κ1) is 18.5. The Morgan fingerprint density at radius 1 is 1.37 bits per heavy atom. The van der Waals surface area contributed by atoms with Gasteiger partial charge in [0.1, 0.15) is 11.1 Å². The second-order valence-electron chi connectivity index (χ2n) is 6.60. The molecule has 0 aliphatic carbocycles. The summed E-state index contributed by atoms with van der Waals surface area (Å²) in [6.45, 7) is 2.15. The van der Waals surface area contributed by atoms with Gasteiger partial charge >= 0.3 is 17.7 Å². The number of nitrogens with one attached hydrogen (secondary N) is 1. The van der Waals surface area contributed by atoms with Crippen molar-refractivity contribution >= 4 is 29.4 Å². The Morgan fingerprint density at radius 2 is 2.00 bits per heavy atom. The van der Waals surface area contributed by atoms with Crippen LogP contribution in [0.4, 0.5) is 16.3 Å². The minimum Gasteiger partial charge on any atom is -0.465 e. The summed E-state index contributed by atoms with van der Waals surface area (Å²) in [6, 6.07) is 0.857. The van der Waals surface area contributed by atoms with Crippen molar-refractivity contribution in [2.24, 2.45) is 0 Å². The fourth-order valence-corrected chi connectivity index (χ4v) is 3.51. The van der Waals surface area contributed by atoms with Crippen molar-refractivity contribution in [1.82, 2.24) is 15.2 Å². The number of ether oxygens (including phenoxy) is 1. The normalized spacial score (nSPS) is 18.6. The van der Waals surface area contributed by atoms with Crippen LogP contribution in [-0.2, 0) is 9.53 Å². The molecule has 2 saturated heterocycles. The summed E-state index contributed by atoms with van der Waals surface area (Å²) in [5.74, 6) is -1.07. The van der Waals surface area contributed by atoms with E-state index in [2.05, 4.69) is 15.0 Å². The number of pyridine rings is 1. The first-order chi connectivity index (χ1) is 12.7. The fraction of sp³-hybridized carbons (Fsp3) is 0.500. The van der Waals surface area contributed by atoms with Gasteiger partial charge in [-0.05, 0) is 25.8 Å². The van der Waals surface area contributed by atoms with Gasteiger partial charge in [-0.25, -0.2) is 14.6 Å². The number of carbonyl (C=O) groups excluding carboxylic acids is 3. The second kappa shape index (κ2) is 6.49. The van der Waals surface area contributed by atoms with Crippen LogP contribution in [0.15, 0.2) is 6.07 Å². The molecule has 3 amide bonds. The van der Waals surface area contributed by atoms with Crippen LogP contribution in [0.25, 0.3) is 0 Å². The summed E-state index contributed by atoms with van der Waals surface area (Å²) in [7, 11) is 2.56. The predicted octanol–water partition coefficient (Wildman–Crippen LogP) is 0.605. The van der Waals surface area contributed by atoms with Crippen molar-refractivity contribution in [3.05, 3.63) is 27.4 Å². The monoisotopic (exact) mass is 377 g/mol. The predicted molar refractivity (Wildman–Crippen MR) is 92.4 cm³/mol. The summed E-state index contributed by atoms with van der Waals surface area (Å²) in [4.78, 5) is 54.0. The number of rotatable bonds is 3. The van der Waals surface area contributed by atoms with Gasteiger partial charge in [0.05, 0.1) is 12.0 Å². The van der Waals surface area contributed by atoms with Gasteiger partial charge in [0.2, 0.25) is 5.82 Å². The van der Waals surface area contributed by atoms with E-state index in [0.717, 1.165) is 12.0 Å². The Labute approximate surface area is 154 Å². The number of hydrogen-bond donors (Lipinski definition) is 1. The second-order valence-corrected chi connectivity index (χ2v) is 6.60. The van der Waals surface area contributed by atoms with Gasteiger partial charge in [0.25, 0.3) is 5.91 Å². The van der Waals surface area contributed by atoms with Gasteiger partial charge in [0, 0.05) is 25.8 Å². The number of anilines is 1. The number of nitrogens with zero attached hydrogens (tertiary/aromatic N) is 4. The summed E-state index contributed by atoms with van der Waals surface area (Å²) in [6.07, 6.45) is 0.560. The number of urea groups is 1. The van der Waals surface area contributed by atoms with Crippen LogP contribution in [0, 0.1) is 17.0 Å². The molecule has 0 bridgehead atoms. The van der Waals surface area contributed by atoms with Gasteiger partial charge < -0.3 is 15.0 Å². The minimum absolute atomic E-state index is 0.0559. The van der Waals surface area contributed by atoms with Crippen molar-refractivity contribution < 1.29 is 24.0 Å². The molecule has 0 radical (unpaired) electrons. The molecular formula is C16H19N5O6. The molecule has 0 atom stereocenters. The number of methoxy groups -OCH3 is 1. The zero-order chi connectivity index (χ0) is 19.9. The highest BCUT2D eigenvalue weighted by Gasteiger charge is 2.51. The summed E-state index contributed by atoms with van der Waals surface area (Å²) in [5, 5.41) is 14.3. The van der Waals surface area contributed by atoms with Gasteiger partial charge in [-0.3, -0.25) is 19.8 Å². The zero-order valence-corrected chi connectivity index (χ0v) is 15.1. The van der Waals surface area contributed by atoms with Crippen LogP contribution in [-0.4, -0.2) is 65.5 Å². The molecule has 3 heterocycles. The minimum atomic E-state index is -0.994. The molecule has 27 heavy (non-hydrogen) atoms. The Balaban J connectivity index is 1.94. The van der Waals surface area contributed by atoms with Gasteiger partial charge in [-0.2, -0.15) is 0 Å². The van der Waals surface area contributed by atoms with Crippen LogP contribution in [0.5, 0.6) is 0 Å². The lowest BCUT2D eigenvalue weighted by atomic mass is 9.87. The number of esters is 1. The summed E-state index contributed by atoms with van der Waals surface area (Å²) < 4.78 is 4.65. The number of likely N-dealkylation sites (N-methyl/N-ethyl adjacent to an activating group) is 1. The van der Waals surface area contributed by atoms with E-state index in [0.29, 0.717) is 5.69 Å². The number of carbonyl (C=O) groups is 3. The number of amides is 3. The SMILES string of the molecule is COC(=O)c1cc(C)nc(N2CCC3(CC2)NC(=O)N(C)C3=O)c1[N+](=O)[O-]. The van der Waals surface area contributed by atoms with Gasteiger partial charge in [0.15, 0.2) is 0 Å². The highest BCUT2D eigenvalue weighted by molar-refractivity contribution is 6.07. The average molecular weight is 377 g/mol. The third-order valence-electron chi connectivity index (χ3n) is 4.97. The highest BCUT2D eigenvalue weighted by Crippen LogP contribution is 2.36. The van der Waals surface area contributed by atoms with Crippen LogP contribution in [0.2, 0.25) is 0 Å². The van der Waals surface area contributed by atoms with E-state index in [-0.39, 0.29) is 43.2 Å². The van der Waals surface area contributed by atoms with E-state index < -0.39 is 28.2 Å². The molecular weight excluding hydrogens is 358 g/mol. The number of hydrogen-bond acceptors (Lipinski definition) is 8. The van der Waals surface area contributed by atoms with Crippen LogP contribution in [0.1, 0.15) is 28.9 Å². The Hall–Kier alpha value is -3.24. The molecule has 1 aromatic rings. The van der Waals surface area contributed by atoms with Crippen molar-refractivity contribution in [3.8, 4) is 0 Å². The lowest BCUT2D eigenvalue weighted by molar-refractivity contribution is -0.384. The smallest absolute Gasteiger partial charge is 0.345 e. The molecule has 2 aliphatic rings. The van der Waals surface area contributed by atoms with Gasteiger partial charge in [-0.15, -0.1) is 0 Å². The highest BCUT2D eigenvalue weighted by atomic mass is 16.6. The zero-order valence-electron chi connectivity index (χ0n) is 15.1. The Kier molecular flexibility index (Phi) is 4.46. The number of aromatic nitrogens is 1. The number of nitro groups is 1. The third-order valence-corrected chi connectivity index (χ3v) is 4.97. The average Bonchev–Trinajstić information content (AvgIpc) is 2.84. The van der Waals surface area contributed by atoms with Crippen molar-refractivity contribution in [2.45, 2.75) is 25.3 Å². The summed E-state index contributed by atoms with van der Waals surface area (Å²) in [5.41, 5.74) is -1.16. The molecule has 2 aliphatic heterocycles. The van der Waals surface area contributed by atoms with Crippen molar-refractivity contribution in [3.63, 3.8) is 0 Å². The number of aryl methyl sites for hydroxylation is 1. The number of imide groups is 1. The van der Waals surface area contributed by atoms with E-state index in [1.165, 1.54) is 13.1 Å². The third kappa shape index (κ3) is 2.94. The van der Waals surface area contributed by atoms with Crippen LogP contribution >= 0.6 is 0 Å². The summed E-state index contributed by atoms with van der Waals surface area (Å²) >= 11 is 0. The quantitative estimate of drug-likeness (QED) is 0.350. The Bertz CT molecular complexity index is 846. The first-order valence-corrected chi connectivity index (χ1v) is 8.30. The molecule has 0 unspecified atom stereocenters. The maximum absolute atomic E-state index is 12.4. The van der Waals surface area contributed by atoms with E-state index in [9.17, 15) is 24.5 Å². The molecule has 3 rings (SSSR count). The molecule has 1 N–H and O–H groups in total. The lowest BCUT2D eigenvalue weighted by Gasteiger charge is -2.37. The van der Waals surface area contributed by atoms with Crippen LogP contribution in [0.3, 0.4) is 0 Å². The van der Waals surface area contributed by atoms with E-state index >= 15 is 0 Å². The molecule has 11 nitrogen and oxygen atoms in total. The maximum Gasteiger partial charge on any atom is 0.345 e. The van der Waals surface area contributed by atoms with E-state index in [4.69, 9.17) is 0 Å². The number of piperidine rings is 1. The maximum atomic E-state index is 12.4. The van der Waals surface area contributed by atoms with Gasteiger partial charge in [-0.1, -0.05) is 0 Å². The molecule has 11 heteroatoms. The fourth-order valence-electron chi connectivity index (χ4n) is 3.51. The molecule has 0 aromatic carbocycles. The van der Waals surface area contributed by atoms with Crippen molar-refractivity contribution in [1.29, 1.82) is 0 Å². The van der Waals surface area contributed by atoms with Crippen LogP contribution < -0.4 is 10.2 Å².